The number of aromatic nitrogens is 1. The molecule has 4 heteroatoms. The van der Waals surface area contributed by atoms with Gasteiger partial charge in [-0.25, -0.2) is 0 Å². The van der Waals surface area contributed by atoms with E-state index in [0.717, 1.165) is 42.3 Å². The highest BCUT2D eigenvalue weighted by atomic mass is 16.3. The molecule has 0 aliphatic heterocycles. The maximum atomic E-state index is 11.9. The van der Waals surface area contributed by atoms with E-state index in [4.69, 9.17) is 0 Å². The molecule has 2 aromatic rings. The molecule has 1 aromatic carbocycles. The molecule has 106 valence electrons. The van der Waals surface area contributed by atoms with Crippen molar-refractivity contribution in [2.24, 2.45) is 0 Å². The fourth-order valence-electron chi connectivity index (χ4n) is 2.99. The molecule has 0 radical (unpaired) electrons. The first-order valence-corrected chi connectivity index (χ1v) is 7.20. The van der Waals surface area contributed by atoms with Crippen LogP contribution >= 0.6 is 0 Å². The first-order chi connectivity index (χ1) is 9.65. The van der Waals surface area contributed by atoms with Crippen molar-refractivity contribution in [1.29, 1.82) is 0 Å². The molecule has 0 saturated heterocycles. The maximum Gasteiger partial charge on any atom is 0.223 e. The van der Waals surface area contributed by atoms with Crippen molar-refractivity contribution in [3.8, 4) is 0 Å². The van der Waals surface area contributed by atoms with Gasteiger partial charge in [0, 0.05) is 11.2 Å². The van der Waals surface area contributed by atoms with Crippen LogP contribution in [-0.2, 0) is 11.3 Å². The summed E-state index contributed by atoms with van der Waals surface area (Å²) in [4.78, 5) is 15.2. The Balaban J connectivity index is 1.57. The van der Waals surface area contributed by atoms with Gasteiger partial charge in [0.15, 0.2) is 0 Å². The van der Waals surface area contributed by atoms with Crippen LogP contribution in [-0.4, -0.2) is 21.6 Å². The molecular weight excluding hydrogens is 252 g/mol. The fraction of sp³-hybridized carbons (Fsp3) is 0.438. The molecule has 0 atom stereocenters. The van der Waals surface area contributed by atoms with Gasteiger partial charge in [0.2, 0.25) is 5.91 Å². The average molecular weight is 272 g/mol. The van der Waals surface area contributed by atoms with E-state index in [2.05, 4.69) is 10.3 Å². The molecule has 1 aromatic heterocycles. The van der Waals surface area contributed by atoms with Gasteiger partial charge in [0.25, 0.3) is 0 Å². The summed E-state index contributed by atoms with van der Waals surface area (Å²) in [5.74, 6) is -0.0759. The van der Waals surface area contributed by atoms with Crippen molar-refractivity contribution in [1.82, 2.24) is 10.3 Å². The number of H-pyrrole nitrogens is 1. The van der Waals surface area contributed by atoms with Gasteiger partial charge in [-0.05, 0) is 30.4 Å². The molecule has 3 N–H and O–H groups in total. The molecule has 0 unspecified atom stereocenters. The highest BCUT2D eigenvalue weighted by Gasteiger charge is 2.33. The molecule has 1 amide bonds. The first-order valence-electron chi connectivity index (χ1n) is 7.20. The van der Waals surface area contributed by atoms with Crippen molar-refractivity contribution >= 4 is 16.8 Å². The molecule has 1 heterocycles. The lowest BCUT2D eigenvalue weighted by molar-refractivity contribution is -0.126. The normalized spacial score (nSPS) is 17.4. The number of fused-ring (bicyclic) bond motifs is 1. The van der Waals surface area contributed by atoms with Crippen LogP contribution < -0.4 is 5.32 Å². The fourth-order valence-corrected chi connectivity index (χ4v) is 2.99. The van der Waals surface area contributed by atoms with E-state index < -0.39 is 5.60 Å². The molecule has 1 saturated carbocycles. The van der Waals surface area contributed by atoms with Gasteiger partial charge < -0.3 is 15.4 Å². The van der Waals surface area contributed by atoms with Crippen LogP contribution in [0.2, 0.25) is 0 Å². The zero-order chi connectivity index (χ0) is 14.0. The maximum absolute atomic E-state index is 11.9. The van der Waals surface area contributed by atoms with E-state index in [0.29, 0.717) is 6.54 Å². The Morgan fingerprint density at radius 3 is 2.80 bits per heavy atom. The molecule has 3 rings (SSSR count). The summed E-state index contributed by atoms with van der Waals surface area (Å²) in [5.41, 5.74) is 1.29. The second-order valence-corrected chi connectivity index (χ2v) is 5.77. The van der Waals surface area contributed by atoms with Crippen LogP contribution in [0.25, 0.3) is 10.9 Å². The molecule has 1 fully saturated rings. The first kappa shape index (κ1) is 13.2. The van der Waals surface area contributed by atoms with Gasteiger partial charge in [-0.1, -0.05) is 31.0 Å². The van der Waals surface area contributed by atoms with Crippen LogP contribution in [0.5, 0.6) is 0 Å². The Morgan fingerprint density at radius 1 is 1.30 bits per heavy atom. The van der Waals surface area contributed by atoms with Crippen LogP contribution in [0.3, 0.4) is 0 Å². The van der Waals surface area contributed by atoms with E-state index in [-0.39, 0.29) is 12.3 Å². The summed E-state index contributed by atoms with van der Waals surface area (Å²) in [7, 11) is 0. The Labute approximate surface area is 118 Å². The number of carbonyl (C=O) groups excluding carboxylic acids is 1. The molecule has 0 bridgehead atoms. The number of hydrogen-bond acceptors (Lipinski definition) is 2. The van der Waals surface area contributed by atoms with Crippen molar-refractivity contribution in [3.63, 3.8) is 0 Å². The summed E-state index contributed by atoms with van der Waals surface area (Å²) in [6.45, 7) is 0.476. The van der Waals surface area contributed by atoms with Crippen LogP contribution in [0.15, 0.2) is 30.3 Å². The molecule has 20 heavy (non-hydrogen) atoms. The van der Waals surface area contributed by atoms with Crippen molar-refractivity contribution in [3.05, 3.63) is 36.0 Å². The third kappa shape index (κ3) is 2.85. The number of aliphatic hydroxyl groups is 1. The zero-order valence-corrected chi connectivity index (χ0v) is 11.5. The third-order valence-electron chi connectivity index (χ3n) is 4.09. The van der Waals surface area contributed by atoms with Gasteiger partial charge in [-0.3, -0.25) is 4.79 Å². The number of hydrogen-bond donors (Lipinski definition) is 3. The zero-order valence-electron chi connectivity index (χ0n) is 11.5. The predicted octanol–water partition coefficient (Wildman–Crippen LogP) is 2.48. The SMILES string of the molecule is O=C(CC1(O)CCCC1)NCc1cc2ccccc2[nH]1. The molecule has 1 aliphatic carbocycles. The van der Waals surface area contributed by atoms with Gasteiger partial charge >= 0.3 is 0 Å². The number of rotatable bonds is 4. The summed E-state index contributed by atoms with van der Waals surface area (Å²) in [5, 5.41) is 14.2. The lowest BCUT2D eigenvalue weighted by atomic mass is 9.98. The lowest BCUT2D eigenvalue weighted by Crippen LogP contribution is -2.34. The number of aromatic amines is 1. The topological polar surface area (TPSA) is 65.1 Å². The number of benzene rings is 1. The lowest BCUT2D eigenvalue weighted by Gasteiger charge is -2.20. The number of amides is 1. The number of carbonyl (C=O) groups is 1. The van der Waals surface area contributed by atoms with Crippen LogP contribution in [0.1, 0.15) is 37.8 Å². The van der Waals surface area contributed by atoms with E-state index in [1.807, 2.05) is 30.3 Å². The van der Waals surface area contributed by atoms with E-state index in [1.54, 1.807) is 0 Å². The summed E-state index contributed by atoms with van der Waals surface area (Å²) >= 11 is 0. The third-order valence-corrected chi connectivity index (χ3v) is 4.09. The Morgan fingerprint density at radius 2 is 2.05 bits per heavy atom. The quantitative estimate of drug-likeness (QED) is 0.800. The Kier molecular flexibility index (Phi) is 3.49. The molecule has 0 spiro atoms. The minimum Gasteiger partial charge on any atom is -0.389 e. The largest absolute Gasteiger partial charge is 0.389 e. The summed E-state index contributed by atoms with van der Waals surface area (Å²) in [6, 6.07) is 10.1. The van der Waals surface area contributed by atoms with Gasteiger partial charge in [0.1, 0.15) is 0 Å². The second kappa shape index (κ2) is 5.29. The predicted molar refractivity (Wildman–Crippen MR) is 78.2 cm³/mol. The number of nitrogens with one attached hydrogen (secondary N) is 2. The molecule has 1 aliphatic rings. The number of para-hydroxylation sites is 1. The molecular formula is C16H20N2O2. The van der Waals surface area contributed by atoms with Crippen LogP contribution in [0, 0.1) is 0 Å². The van der Waals surface area contributed by atoms with Gasteiger partial charge in [0.05, 0.1) is 18.6 Å². The second-order valence-electron chi connectivity index (χ2n) is 5.77. The van der Waals surface area contributed by atoms with Crippen LogP contribution in [0.4, 0.5) is 0 Å². The highest BCUT2D eigenvalue weighted by molar-refractivity contribution is 5.81. The average Bonchev–Trinajstić information content (AvgIpc) is 3.02. The van der Waals surface area contributed by atoms with Gasteiger partial charge in [-0.15, -0.1) is 0 Å². The Bertz CT molecular complexity index is 579. The standard InChI is InChI=1S/C16H20N2O2/c19-15(10-16(20)7-3-4-8-16)17-11-13-9-12-5-1-2-6-14(12)18-13/h1-2,5-6,9,18,20H,3-4,7-8,10-11H2,(H,17,19). The molecule has 4 nitrogen and oxygen atoms in total. The summed E-state index contributed by atoms with van der Waals surface area (Å²) in [6.07, 6.45) is 3.74. The van der Waals surface area contributed by atoms with Crippen molar-refractivity contribution in [2.75, 3.05) is 0 Å². The Hall–Kier alpha value is -1.81. The monoisotopic (exact) mass is 272 g/mol. The van der Waals surface area contributed by atoms with Crippen molar-refractivity contribution in [2.45, 2.75) is 44.2 Å². The van der Waals surface area contributed by atoms with Crippen molar-refractivity contribution < 1.29 is 9.90 Å². The smallest absolute Gasteiger partial charge is 0.223 e. The highest BCUT2D eigenvalue weighted by Crippen LogP contribution is 2.32. The minimum absolute atomic E-state index is 0.0759. The summed E-state index contributed by atoms with van der Waals surface area (Å²) < 4.78 is 0. The van der Waals surface area contributed by atoms with E-state index in [1.165, 1.54) is 0 Å². The van der Waals surface area contributed by atoms with E-state index in [9.17, 15) is 9.90 Å². The van der Waals surface area contributed by atoms with Gasteiger partial charge in [-0.2, -0.15) is 0 Å². The minimum atomic E-state index is -0.773. The van der Waals surface area contributed by atoms with E-state index >= 15 is 0 Å².